The fourth-order valence-electron chi connectivity index (χ4n) is 2.15. The number of amides is 1. The van der Waals surface area contributed by atoms with Gasteiger partial charge in [-0.2, -0.15) is 4.98 Å². The van der Waals surface area contributed by atoms with Gasteiger partial charge in [0.1, 0.15) is 0 Å². The molecule has 0 bridgehead atoms. The summed E-state index contributed by atoms with van der Waals surface area (Å²) in [6.45, 7) is 8.93. The second kappa shape index (κ2) is 7.57. The van der Waals surface area contributed by atoms with Crippen LogP contribution in [0.4, 0.5) is 0 Å². The molecule has 0 radical (unpaired) electrons. The van der Waals surface area contributed by atoms with Crippen molar-refractivity contribution in [3.63, 3.8) is 0 Å². The van der Waals surface area contributed by atoms with Crippen molar-refractivity contribution in [2.45, 2.75) is 40.2 Å². The van der Waals surface area contributed by atoms with E-state index in [0.717, 1.165) is 5.56 Å². The molecule has 0 saturated heterocycles. The monoisotopic (exact) mass is 330 g/mol. The summed E-state index contributed by atoms with van der Waals surface area (Å²) >= 11 is 0. The summed E-state index contributed by atoms with van der Waals surface area (Å²) in [7, 11) is 1.86. The van der Waals surface area contributed by atoms with Crippen molar-refractivity contribution in [3.8, 4) is 11.4 Å². The van der Waals surface area contributed by atoms with Crippen LogP contribution in [-0.4, -0.2) is 35.7 Å². The molecular formula is C18H26N4O2. The van der Waals surface area contributed by atoms with Crippen molar-refractivity contribution in [2.75, 3.05) is 13.6 Å². The normalized spacial score (nSPS) is 12.9. The van der Waals surface area contributed by atoms with E-state index in [1.54, 1.807) is 12.1 Å². The highest BCUT2D eigenvalue weighted by atomic mass is 16.5. The van der Waals surface area contributed by atoms with Gasteiger partial charge >= 0.3 is 0 Å². The lowest BCUT2D eigenvalue weighted by molar-refractivity contribution is 0.0950. The molecule has 130 valence electrons. The molecule has 1 unspecified atom stereocenters. The Morgan fingerprint density at radius 3 is 2.75 bits per heavy atom. The molecule has 6 heteroatoms. The van der Waals surface area contributed by atoms with Crippen LogP contribution < -0.4 is 10.6 Å². The topological polar surface area (TPSA) is 80.0 Å². The Balaban J connectivity index is 2.11. The lowest BCUT2D eigenvalue weighted by atomic mass is 9.92. The molecular weight excluding hydrogens is 304 g/mol. The van der Waals surface area contributed by atoms with E-state index in [2.05, 4.69) is 41.5 Å². The first-order valence-electron chi connectivity index (χ1n) is 8.17. The number of hydrogen-bond acceptors (Lipinski definition) is 5. The fraction of sp³-hybridized carbons (Fsp3) is 0.500. The molecule has 1 aromatic carbocycles. The SMILES string of the molecule is CNC(C)CNC(=O)c1cccc(-c2noc(CC(C)(C)C)n2)c1. The summed E-state index contributed by atoms with van der Waals surface area (Å²) < 4.78 is 5.32. The van der Waals surface area contributed by atoms with Crippen LogP contribution >= 0.6 is 0 Å². The summed E-state index contributed by atoms with van der Waals surface area (Å²) in [5.41, 5.74) is 1.43. The van der Waals surface area contributed by atoms with Crippen molar-refractivity contribution in [3.05, 3.63) is 35.7 Å². The molecule has 0 aliphatic carbocycles. The van der Waals surface area contributed by atoms with E-state index in [1.165, 1.54) is 0 Å². The quantitative estimate of drug-likeness (QED) is 0.851. The van der Waals surface area contributed by atoms with Gasteiger partial charge in [-0.15, -0.1) is 0 Å². The van der Waals surface area contributed by atoms with Gasteiger partial charge in [0.2, 0.25) is 11.7 Å². The molecule has 0 spiro atoms. The van der Waals surface area contributed by atoms with Crippen LogP contribution in [0.3, 0.4) is 0 Å². The minimum absolute atomic E-state index is 0.0789. The van der Waals surface area contributed by atoms with E-state index in [4.69, 9.17) is 4.52 Å². The highest BCUT2D eigenvalue weighted by Crippen LogP contribution is 2.22. The first kappa shape index (κ1) is 18.1. The van der Waals surface area contributed by atoms with Crippen molar-refractivity contribution in [1.82, 2.24) is 20.8 Å². The number of carbonyl (C=O) groups is 1. The molecule has 1 amide bonds. The molecule has 2 aromatic rings. The van der Waals surface area contributed by atoms with E-state index in [-0.39, 0.29) is 17.4 Å². The van der Waals surface area contributed by atoms with Crippen LogP contribution in [0.2, 0.25) is 0 Å². The van der Waals surface area contributed by atoms with Crippen LogP contribution in [0.25, 0.3) is 11.4 Å². The maximum Gasteiger partial charge on any atom is 0.251 e. The van der Waals surface area contributed by atoms with Gasteiger partial charge in [-0.05, 0) is 31.5 Å². The predicted molar refractivity (Wildman–Crippen MR) is 93.7 cm³/mol. The molecule has 0 fully saturated rings. The van der Waals surface area contributed by atoms with Gasteiger partial charge < -0.3 is 15.2 Å². The van der Waals surface area contributed by atoms with Crippen LogP contribution in [0.15, 0.2) is 28.8 Å². The Morgan fingerprint density at radius 2 is 2.08 bits per heavy atom. The largest absolute Gasteiger partial charge is 0.350 e. The zero-order valence-corrected chi connectivity index (χ0v) is 15.0. The third kappa shape index (κ3) is 5.16. The lowest BCUT2D eigenvalue weighted by Gasteiger charge is -2.13. The van der Waals surface area contributed by atoms with Crippen LogP contribution in [-0.2, 0) is 6.42 Å². The van der Waals surface area contributed by atoms with Gasteiger partial charge in [0.25, 0.3) is 5.91 Å². The standard InChI is InChI=1S/C18H26N4O2/c1-12(19-5)11-20-17(23)14-8-6-7-13(9-14)16-21-15(24-22-16)10-18(2,3)4/h6-9,12,19H,10-11H2,1-5H3,(H,20,23). The van der Waals surface area contributed by atoms with Gasteiger partial charge in [-0.25, -0.2) is 0 Å². The summed E-state index contributed by atoms with van der Waals surface area (Å²) in [5.74, 6) is 1.00. The Kier molecular flexibility index (Phi) is 5.72. The number of nitrogens with zero attached hydrogens (tertiary/aromatic N) is 2. The van der Waals surface area contributed by atoms with Gasteiger partial charge in [0.05, 0.1) is 0 Å². The smallest absolute Gasteiger partial charge is 0.251 e. The summed E-state index contributed by atoms with van der Waals surface area (Å²) in [5, 5.41) is 10.0. The third-order valence-electron chi connectivity index (χ3n) is 3.59. The molecule has 2 N–H and O–H groups in total. The zero-order valence-electron chi connectivity index (χ0n) is 15.0. The van der Waals surface area contributed by atoms with E-state index < -0.39 is 0 Å². The molecule has 6 nitrogen and oxygen atoms in total. The maximum absolute atomic E-state index is 12.2. The Labute approximate surface area is 143 Å². The molecule has 0 saturated carbocycles. The van der Waals surface area contributed by atoms with E-state index in [1.807, 2.05) is 26.1 Å². The van der Waals surface area contributed by atoms with Gasteiger partial charge in [-0.3, -0.25) is 4.79 Å². The summed E-state index contributed by atoms with van der Waals surface area (Å²) in [4.78, 5) is 16.7. The number of carbonyl (C=O) groups excluding carboxylic acids is 1. The van der Waals surface area contributed by atoms with E-state index in [0.29, 0.717) is 30.2 Å². The third-order valence-corrected chi connectivity index (χ3v) is 3.59. The van der Waals surface area contributed by atoms with Gasteiger partial charge in [0.15, 0.2) is 0 Å². The molecule has 24 heavy (non-hydrogen) atoms. The van der Waals surface area contributed by atoms with Crippen molar-refractivity contribution in [1.29, 1.82) is 0 Å². The predicted octanol–water partition coefficient (Wildman–Crippen LogP) is 2.66. The Bertz CT molecular complexity index is 688. The fourth-order valence-corrected chi connectivity index (χ4v) is 2.15. The van der Waals surface area contributed by atoms with Crippen LogP contribution in [0.1, 0.15) is 43.9 Å². The highest BCUT2D eigenvalue weighted by molar-refractivity contribution is 5.95. The van der Waals surface area contributed by atoms with E-state index >= 15 is 0 Å². The zero-order chi connectivity index (χ0) is 17.7. The number of aromatic nitrogens is 2. The average molecular weight is 330 g/mol. The van der Waals surface area contributed by atoms with Crippen LogP contribution in [0, 0.1) is 5.41 Å². The molecule has 0 aliphatic heterocycles. The number of benzene rings is 1. The van der Waals surface area contributed by atoms with E-state index in [9.17, 15) is 4.79 Å². The highest BCUT2D eigenvalue weighted by Gasteiger charge is 2.17. The molecule has 1 heterocycles. The number of nitrogens with one attached hydrogen (secondary N) is 2. The number of hydrogen-bond donors (Lipinski definition) is 2. The van der Waals surface area contributed by atoms with Crippen molar-refractivity contribution >= 4 is 5.91 Å². The Morgan fingerprint density at radius 1 is 1.33 bits per heavy atom. The second-order valence-corrected chi connectivity index (χ2v) is 7.23. The van der Waals surface area contributed by atoms with Crippen molar-refractivity contribution in [2.24, 2.45) is 5.41 Å². The van der Waals surface area contributed by atoms with Crippen molar-refractivity contribution < 1.29 is 9.32 Å². The summed E-state index contributed by atoms with van der Waals surface area (Å²) in [6.07, 6.45) is 0.710. The minimum Gasteiger partial charge on any atom is -0.350 e. The first-order valence-corrected chi connectivity index (χ1v) is 8.17. The van der Waals surface area contributed by atoms with Crippen LogP contribution in [0.5, 0.6) is 0 Å². The maximum atomic E-state index is 12.2. The second-order valence-electron chi connectivity index (χ2n) is 7.23. The summed E-state index contributed by atoms with van der Waals surface area (Å²) in [6, 6.07) is 7.48. The number of rotatable bonds is 6. The van der Waals surface area contributed by atoms with Gasteiger partial charge in [-0.1, -0.05) is 38.1 Å². The molecule has 0 aliphatic rings. The molecule has 2 rings (SSSR count). The first-order chi connectivity index (χ1) is 11.3. The Hall–Kier alpha value is -2.21. The molecule has 1 atom stereocenters. The minimum atomic E-state index is -0.114. The average Bonchev–Trinajstić information content (AvgIpc) is 2.98. The lowest BCUT2D eigenvalue weighted by Crippen LogP contribution is -2.37. The molecule has 1 aromatic heterocycles. The number of likely N-dealkylation sites (N-methyl/N-ethyl adjacent to an activating group) is 1. The van der Waals surface area contributed by atoms with Gasteiger partial charge in [0, 0.05) is 30.1 Å².